The highest BCUT2D eigenvalue weighted by molar-refractivity contribution is 6.34. The van der Waals surface area contributed by atoms with Crippen LogP contribution in [0.2, 0.25) is 5.02 Å². The van der Waals surface area contributed by atoms with Crippen LogP contribution in [0.15, 0.2) is 12.1 Å². The second-order valence-corrected chi connectivity index (χ2v) is 6.31. The number of carbonyl (C=O) groups is 1. The Balaban J connectivity index is 1.85. The molecule has 0 bridgehead atoms. The Morgan fingerprint density at radius 3 is 2.75 bits per heavy atom. The number of aryl methyl sites for hydroxylation is 1. The minimum Gasteiger partial charge on any atom is -0.337 e. The predicted molar refractivity (Wildman–Crippen MR) is 76.2 cm³/mol. The van der Waals surface area contributed by atoms with Crippen molar-refractivity contribution in [2.45, 2.75) is 25.8 Å². The molecule has 2 aliphatic rings. The normalized spacial score (nSPS) is 26.1. The lowest BCUT2D eigenvalue weighted by Crippen LogP contribution is -2.33. The van der Waals surface area contributed by atoms with E-state index in [1.807, 2.05) is 0 Å². The molecule has 3 nitrogen and oxygen atoms in total. The Morgan fingerprint density at radius 2 is 2.10 bits per heavy atom. The number of carbonyl (C=O) groups excluding carboxylic acids is 1. The van der Waals surface area contributed by atoms with Gasteiger partial charge in [-0.25, -0.2) is 4.39 Å². The SMILES string of the molecule is Cc1ccc(F)c(C(=O)N2C[C@H](C3CC3)[C@@H](N)C2)c1Cl. The third kappa shape index (κ3) is 2.31. The van der Waals surface area contributed by atoms with Gasteiger partial charge in [0.05, 0.1) is 10.6 Å². The van der Waals surface area contributed by atoms with E-state index in [2.05, 4.69) is 0 Å². The molecule has 0 radical (unpaired) electrons. The molecular weight excluding hydrogens is 279 g/mol. The van der Waals surface area contributed by atoms with E-state index in [9.17, 15) is 9.18 Å². The molecule has 1 saturated heterocycles. The molecule has 1 aliphatic heterocycles. The van der Waals surface area contributed by atoms with Gasteiger partial charge in [-0.15, -0.1) is 0 Å². The highest BCUT2D eigenvalue weighted by Gasteiger charge is 2.42. The summed E-state index contributed by atoms with van der Waals surface area (Å²) in [6.45, 7) is 2.87. The van der Waals surface area contributed by atoms with Gasteiger partial charge in [-0.2, -0.15) is 0 Å². The Bertz CT molecular complexity index is 559. The zero-order valence-electron chi connectivity index (χ0n) is 11.4. The van der Waals surface area contributed by atoms with E-state index >= 15 is 0 Å². The van der Waals surface area contributed by atoms with Crippen molar-refractivity contribution in [1.29, 1.82) is 0 Å². The van der Waals surface area contributed by atoms with Crippen molar-refractivity contribution in [3.63, 3.8) is 0 Å². The van der Waals surface area contributed by atoms with Crippen molar-refractivity contribution in [3.8, 4) is 0 Å². The molecule has 5 heteroatoms. The summed E-state index contributed by atoms with van der Waals surface area (Å²) < 4.78 is 13.9. The van der Waals surface area contributed by atoms with Crippen molar-refractivity contribution in [2.75, 3.05) is 13.1 Å². The Labute approximate surface area is 122 Å². The maximum absolute atomic E-state index is 13.9. The highest BCUT2D eigenvalue weighted by atomic mass is 35.5. The van der Waals surface area contributed by atoms with Gasteiger partial charge in [-0.3, -0.25) is 4.79 Å². The van der Waals surface area contributed by atoms with Crippen LogP contribution in [-0.2, 0) is 0 Å². The van der Waals surface area contributed by atoms with Crippen molar-refractivity contribution >= 4 is 17.5 Å². The number of nitrogens with two attached hydrogens (primary N) is 1. The van der Waals surface area contributed by atoms with Crippen LogP contribution >= 0.6 is 11.6 Å². The number of nitrogens with zero attached hydrogens (tertiary/aromatic N) is 1. The summed E-state index contributed by atoms with van der Waals surface area (Å²) in [5.41, 5.74) is 6.80. The van der Waals surface area contributed by atoms with Gasteiger partial charge < -0.3 is 10.6 Å². The van der Waals surface area contributed by atoms with Gasteiger partial charge in [0.15, 0.2) is 0 Å². The molecule has 0 spiro atoms. The second-order valence-electron chi connectivity index (χ2n) is 5.93. The van der Waals surface area contributed by atoms with E-state index in [0.29, 0.717) is 30.5 Å². The molecule has 1 saturated carbocycles. The summed E-state index contributed by atoms with van der Waals surface area (Å²) in [5, 5.41) is 0.207. The Hall–Kier alpha value is -1.13. The zero-order valence-corrected chi connectivity index (χ0v) is 12.2. The fraction of sp³-hybridized carbons (Fsp3) is 0.533. The van der Waals surface area contributed by atoms with Crippen LogP contribution in [-0.4, -0.2) is 29.9 Å². The first kappa shape index (κ1) is 13.8. The molecule has 1 amide bonds. The average Bonchev–Trinajstić information content (AvgIpc) is 3.17. The van der Waals surface area contributed by atoms with Gasteiger partial charge in [0, 0.05) is 19.1 Å². The Kier molecular flexibility index (Phi) is 3.46. The van der Waals surface area contributed by atoms with Gasteiger partial charge in [0.2, 0.25) is 0 Å². The molecule has 2 fully saturated rings. The number of benzene rings is 1. The molecular formula is C15H18ClFN2O. The summed E-state index contributed by atoms with van der Waals surface area (Å²) in [6, 6.07) is 2.87. The summed E-state index contributed by atoms with van der Waals surface area (Å²) in [6.07, 6.45) is 2.39. The quantitative estimate of drug-likeness (QED) is 0.912. The van der Waals surface area contributed by atoms with Crippen molar-refractivity contribution < 1.29 is 9.18 Å². The van der Waals surface area contributed by atoms with E-state index in [1.54, 1.807) is 17.9 Å². The fourth-order valence-corrected chi connectivity index (χ4v) is 3.29. The molecule has 1 aromatic rings. The standard InChI is InChI=1S/C15H18ClFN2O/c1-8-2-5-11(17)13(14(8)16)15(20)19-6-10(9-3-4-9)12(18)7-19/h2,5,9-10,12H,3-4,6-7,18H2,1H3/t10-,12+/m1/s1. The molecule has 20 heavy (non-hydrogen) atoms. The molecule has 0 unspecified atom stereocenters. The maximum atomic E-state index is 13.9. The number of hydrogen-bond acceptors (Lipinski definition) is 2. The minimum atomic E-state index is -0.561. The number of halogens is 2. The number of amides is 1. The molecule has 1 aromatic carbocycles. The average molecular weight is 297 g/mol. The van der Waals surface area contributed by atoms with Gasteiger partial charge in [-0.1, -0.05) is 17.7 Å². The molecule has 3 rings (SSSR count). The number of hydrogen-bond donors (Lipinski definition) is 1. The lowest BCUT2D eigenvalue weighted by Gasteiger charge is -2.18. The van der Waals surface area contributed by atoms with Gasteiger partial charge in [0.1, 0.15) is 5.82 Å². The summed E-state index contributed by atoms with van der Waals surface area (Å²) in [5.74, 6) is 0.0927. The first-order chi connectivity index (χ1) is 9.49. The lowest BCUT2D eigenvalue weighted by molar-refractivity contribution is 0.0780. The first-order valence-corrected chi connectivity index (χ1v) is 7.36. The summed E-state index contributed by atoms with van der Waals surface area (Å²) in [4.78, 5) is 14.2. The van der Waals surface area contributed by atoms with E-state index in [4.69, 9.17) is 17.3 Å². The molecule has 108 valence electrons. The molecule has 0 aromatic heterocycles. The first-order valence-electron chi connectivity index (χ1n) is 6.98. The van der Waals surface area contributed by atoms with Crippen molar-refractivity contribution in [3.05, 3.63) is 34.1 Å². The Morgan fingerprint density at radius 1 is 1.40 bits per heavy atom. The highest BCUT2D eigenvalue weighted by Crippen LogP contribution is 2.41. The third-order valence-corrected chi connectivity index (χ3v) is 4.91. The van der Waals surface area contributed by atoms with Crippen LogP contribution in [0.25, 0.3) is 0 Å². The monoisotopic (exact) mass is 296 g/mol. The predicted octanol–water partition coefficient (Wildman–Crippen LogP) is 2.60. The van der Waals surface area contributed by atoms with E-state index < -0.39 is 5.82 Å². The van der Waals surface area contributed by atoms with E-state index in [0.717, 1.165) is 0 Å². The number of likely N-dealkylation sites (tertiary alicyclic amines) is 1. The van der Waals surface area contributed by atoms with Gasteiger partial charge >= 0.3 is 0 Å². The maximum Gasteiger partial charge on any atom is 0.258 e. The van der Waals surface area contributed by atoms with E-state index in [-0.39, 0.29) is 22.5 Å². The lowest BCUT2D eigenvalue weighted by atomic mass is 9.99. The van der Waals surface area contributed by atoms with Crippen LogP contribution in [0.4, 0.5) is 4.39 Å². The van der Waals surface area contributed by atoms with Crippen LogP contribution in [0, 0.1) is 24.6 Å². The molecule has 2 N–H and O–H groups in total. The van der Waals surface area contributed by atoms with Crippen molar-refractivity contribution in [1.82, 2.24) is 4.90 Å². The number of rotatable bonds is 2. The largest absolute Gasteiger partial charge is 0.337 e. The molecule has 1 aliphatic carbocycles. The molecule has 2 atom stereocenters. The fourth-order valence-electron chi connectivity index (χ4n) is 3.05. The summed E-state index contributed by atoms with van der Waals surface area (Å²) in [7, 11) is 0. The smallest absolute Gasteiger partial charge is 0.258 e. The van der Waals surface area contributed by atoms with Crippen molar-refractivity contribution in [2.24, 2.45) is 17.6 Å². The zero-order chi connectivity index (χ0) is 14.4. The summed E-state index contributed by atoms with van der Waals surface area (Å²) >= 11 is 6.10. The van der Waals surface area contributed by atoms with Gasteiger partial charge in [0.25, 0.3) is 5.91 Å². The van der Waals surface area contributed by atoms with Crippen LogP contribution in [0.5, 0.6) is 0 Å². The minimum absolute atomic E-state index is 0.00176. The second kappa shape index (κ2) is 5.01. The van der Waals surface area contributed by atoms with Crippen LogP contribution in [0.1, 0.15) is 28.8 Å². The van der Waals surface area contributed by atoms with E-state index in [1.165, 1.54) is 18.9 Å². The van der Waals surface area contributed by atoms with Crippen LogP contribution < -0.4 is 5.73 Å². The molecule has 1 heterocycles. The van der Waals surface area contributed by atoms with Gasteiger partial charge in [-0.05, 0) is 43.2 Å². The third-order valence-electron chi connectivity index (χ3n) is 4.43. The topological polar surface area (TPSA) is 46.3 Å². The van der Waals surface area contributed by atoms with Crippen LogP contribution in [0.3, 0.4) is 0 Å².